The lowest BCUT2D eigenvalue weighted by atomic mass is 10.0. The summed E-state index contributed by atoms with van der Waals surface area (Å²) >= 11 is 0. The van der Waals surface area contributed by atoms with Crippen molar-refractivity contribution in [3.63, 3.8) is 0 Å². The van der Waals surface area contributed by atoms with Gasteiger partial charge in [-0.25, -0.2) is 0 Å². The molecule has 5 nitrogen and oxygen atoms in total. The topological polar surface area (TPSA) is 58.0 Å². The Kier molecular flexibility index (Phi) is 3.94. The Hall–Kier alpha value is -2.40. The Labute approximate surface area is 141 Å². The van der Waals surface area contributed by atoms with Gasteiger partial charge in [0.25, 0.3) is 0 Å². The highest BCUT2D eigenvalue weighted by atomic mass is 16.5. The van der Waals surface area contributed by atoms with Gasteiger partial charge < -0.3 is 4.52 Å². The summed E-state index contributed by atoms with van der Waals surface area (Å²) in [6, 6.07) is 11.0. The molecule has 124 valence electrons. The van der Waals surface area contributed by atoms with E-state index in [0.29, 0.717) is 6.04 Å². The quantitative estimate of drug-likeness (QED) is 0.788. The number of aromatic nitrogens is 3. The summed E-state index contributed by atoms with van der Waals surface area (Å²) in [5.74, 6) is 0.836. The van der Waals surface area contributed by atoms with Gasteiger partial charge in [0.1, 0.15) is 0 Å². The first-order chi connectivity index (χ1) is 11.7. The zero-order valence-corrected chi connectivity index (χ0v) is 14.1. The zero-order valence-electron chi connectivity index (χ0n) is 14.1. The molecular weight excluding hydrogens is 300 g/mol. The lowest BCUT2D eigenvalue weighted by Crippen LogP contribution is -2.23. The largest absolute Gasteiger partial charge is 0.356 e. The van der Waals surface area contributed by atoms with Crippen molar-refractivity contribution in [2.24, 2.45) is 0 Å². The molecule has 3 aromatic rings. The Morgan fingerprint density at radius 1 is 1.25 bits per heavy atom. The molecule has 0 aliphatic carbocycles. The molecule has 3 heterocycles. The lowest BCUT2D eigenvalue weighted by molar-refractivity contribution is 0.244. The van der Waals surface area contributed by atoms with Crippen molar-refractivity contribution in [3.8, 4) is 11.3 Å². The summed E-state index contributed by atoms with van der Waals surface area (Å²) < 4.78 is 5.56. The average Bonchev–Trinajstić information content (AvgIpc) is 3.30. The third kappa shape index (κ3) is 2.65. The van der Waals surface area contributed by atoms with E-state index < -0.39 is 0 Å². The van der Waals surface area contributed by atoms with Crippen LogP contribution in [0.1, 0.15) is 41.4 Å². The van der Waals surface area contributed by atoms with Crippen molar-refractivity contribution in [1.82, 2.24) is 20.3 Å². The lowest BCUT2D eigenvalue weighted by Gasteiger charge is -2.24. The molecule has 1 fully saturated rings. The van der Waals surface area contributed by atoms with E-state index in [9.17, 15) is 0 Å². The van der Waals surface area contributed by atoms with E-state index in [1.165, 1.54) is 12.0 Å². The highest BCUT2D eigenvalue weighted by molar-refractivity contribution is 5.64. The van der Waals surface area contributed by atoms with Crippen molar-refractivity contribution in [2.45, 2.75) is 39.3 Å². The minimum Gasteiger partial charge on any atom is -0.356 e. The van der Waals surface area contributed by atoms with Gasteiger partial charge in [0.2, 0.25) is 0 Å². The maximum Gasteiger partial charge on any atom is 0.173 e. The number of rotatable bonds is 4. The number of hydrogen-bond donors (Lipinski definition) is 1. The van der Waals surface area contributed by atoms with E-state index >= 15 is 0 Å². The van der Waals surface area contributed by atoms with Gasteiger partial charge in [0, 0.05) is 12.1 Å². The highest BCUT2D eigenvalue weighted by Crippen LogP contribution is 2.38. The fourth-order valence-corrected chi connectivity index (χ4v) is 3.56. The number of benzene rings is 1. The molecule has 0 bridgehead atoms. The van der Waals surface area contributed by atoms with Crippen molar-refractivity contribution >= 4 is 0 Å². The number of nitrogens with one attached hydrogen (secondary N) is 1. The fraction of sp³-hybridized carbons (Fsp3) is 0.368. The van der Waals surface area contributed by atoms with Gasteiger partial charge in [-0.1, -0.05) is 35.5 Å². The van der Waals surface area contributed by atoms with Crippen LogP contribution in [0, 0.1) is 13.8 Å². The summed E-state index contributed by atoms with van der Waals surface area (Å²) in [5, 5.41) is 11.6. The van der Waals surface area contributed by atoms with Gasteiger partial charge in [0.05, 0.1) is 29.2 Å². The van der Waals surface area contributed by atoms with Crippen LogP contribution < -0.4 is 0 Å². The second kappa shape index (κ2) is 6.24. The number of aromatic amines is 1. The fourth-order valence-electron chi connectivity index (χ4n) is 3.56. The number of H-pyrrole nitrogens is 1. The molecule has 1 unspecified atom stereocenters. The van der Waals surface area contributed by atoms with Crippen LogP contribution in [0.4, 0.5) is 0 Å². The van der Waals surface area contributed by atoms with Crippen LogP contribution in [0.2, 0.25) is 0 Å². The molecule has 24 heavy (non-hydrogen) atoms. The summed E-state index contributed by atoms with van der Waals surface area (Å²) in [5.41, 5.74) is 5.55. The minimum absolute atomic E-state index is 0.340. The molecule has 0 radical (unpaired) electrons. The molecule has 1 aliphatic heterocycles. The third-order valence-electron chi connectivity index (χ3n) is 5.00. The molecule has 1 N–H and O–H groups in total. The predicted molar refractivity (Wildman–Crippen MR) is 92.4 cm³/mol. The molecule has 1 saturated heterocycles. The summed E-state index contributed by atoms with van der Waals surface area (Å²) in [7, 11) is 0. The Balaban J connectivity index is 1.64. The summed E-state index contributed by atoms with van der Waals surface area (Å²) in [6.07, 6.45) is 4.19. The third-order valence-corrected chi connectivity index (χ3v) is 5.00. The molecule has 2 aromatic heterocycles. The van der Waals surface area contributed by atoms with Crippen LogP contribution in [0.15, 0.2) is 41.1 Å². The van der Waals surface area contributed by atoms with Crippen LogP contribution >= 0.6 is 0 Å². The maximum absolute atomic E-state index is 5.56. The van der Waals surface area contributed by atoms with Crippen molar-refractivity contribution in [3.05, 3.63) is 59.0 Å². The van der Waals surface area contributed by atoms with E-state index in [2.05, 4.69) is 50.6 Å². The highest BCUT2D eigenvalue weighted by Gasteiger charge is 2.31. The van der Waals surface area contributed by atoms with Gasteiger partial charge in [-0.3, -0.25) is 10.00 Å². The molecule has 0 spiro atoms. The van der Waals surface area contributed by atoms with Crippen LogP contribution in [0.25, 0.3) is 11.3 Å². The molecule has 0 amide bonds. The molecular formula is C19H22N4O. The van der Waals surface area contributed by atoms with Crippen LogP contribution in [0.3, 0.4) is 0 Å². The Morgan fingerprint density at radius 2 is 2.08 bits per heavy atom. The Bertz CT molecular complexity index is 821. The second-order valence-electron chi connectivity index (χ2n) is 6.53. The summed E-state index contributed by atoms with van der Waals surface area (Å²) in [6.45, 7) is 6.08. The molecule has 1 aromatic carbocycles. The number of hydrogen-bond acceptors (Lipinski definition) is 4. The van der Waals surface area contributed by atoms with E-state index in [-0.39, 0.29) is 0 Å². The first kappa shape index (κ1) is 15.1. The normalized spacial score (nSPS) is 18.3. The van der Waals surface area contributed by atoms with Gasteiger partial charge >= 0.3 is 0 Å². The first-order valence-electron chi connectivity index (χ1n) is 8.48. The molecule has 4 rings (SSSR count). The van der Waals surface area contributed by atoms with Crippen LogP contribution in [0.5, 0.6) is 0 Å². The van der Waals surface area contributed by atoms with E-state index in [0.717, 1.165) is 47.8 Å². The van der Waals surface area contributed by atoms with Gasteiger partial charge in [-0.05, 0) is 38.8 Å². The second-order valence-corrected chi connectivity index (χ2v) is 6.53. The van der Waals surface area contributed by atoms with Gasteiger partial charge in [0.15, 0.2) is 5.76 Å². The average molecular weight is 322 g/mol. The molecule has 1 atom stereocenters. The predicted octanol–water partition coefficient (Wildman–Crippen LogP) is 4.02. The Morgan fingerprint density at radius 3 is 2.83 bits per heavy atom. The monoisotopic (exact) mass is 322 g/mol. The van der Waals surface area contributed by atoms with E-state index in [1.54, 1.807) is 0 Å². The van der Waals surface area contributed by atoms with Crippen molar-refractivity contribution in [2.75, 3.05) is 6.54 Å². The SMILES string of the molecule is Cc1noc(-c2cn[nH]c2C2CCCN2Cc2ccccc2)c1C. The summed E-state index contributed by atoms with van der Waals surface area (Å²) in [4.78, 5) is 2.52. The smallest absolute Gasteiger partial charge is 0.173 e. The first-order valence-corrected chi connectivity index (χ1v) is 8.48. The number of nitrogens with zero attached hydrogens (tertiary/aromatic N) is 3. The maximum atomic E-state index is 5.56. The van der Waals surface area contributed by atoms with E-state index in [4.69, 9.17) is 4.52 Å². The number of aryl methyl sites for hydroxylation is 1. The molecule has 1 aliphatic rings. The van der Waals surface area contributed by atoms with Crippen molar-refractivity contribution in [1.29, 1.82) is 0 Å². The molecule has 0 saturated carbocycles. The number of likely N-dealkylation sites (tertiary alicyclic amines) is 1. The van der Waals surface area contributed by atoms with Crippen molar-refractivity contribution < 1.29 is 4.52 Å². The minimum atomic E-state index is 0.340. The standard InChI is InChI=1S/C19H22N4O/c1-13-14(2)22-24-19(13)16-11-20-21-18(16)17-9-6-10-23(17)12-15-7-4-3-5-8-15/h3-5,7-8,11,17H,6,9-10,12H2,1-2H3,(H,20,21). The van der Waals surface area contributed by atoms with Crippen LogP contribution in [-0.2, 0) is 6.54 Å². The van der Waals surface area contributed by atoms with E-state index in [1.807, 2.05) is 20.0 Å². The van der Waals surface area contributed by atoms with Crippen LogP contribution in [-0.4, -0.2) is 26.8 Å². The zero-order chi connectivity index (χ0) is 16.5. The van der Waals surface area contributed by atoms with Gasteiger partial charge in [-0.2, -0.15) is 5.10 Å². The molecule has 5 heteroatoms. The van der Waals surface area contributed by atoms with Gasteiger partial charge in [-0.15, -0.1) is 0 Å².